The third-order valence-corrected chi connectivity index (χ3v) is 6.15. The van der Waals surface area contributed by atoms with Crippen molar-refractivity contribution in [3.8, 4) is 0 Å². The number of sulfonamides is 1. The van der Waals surface area contributed by atoms with E-state index in [1.807, 2.05) is 18.2 Å². The average Bonchev–Trinajstić information content (AvgIpc) is 2.60. The Morgan fingerprint density at radius 3 is 2.57 bits per heavy atom. The first-order valence-corrected chi connectivity index (χ1v) is 11.6. The minimum Gasteiger partial charge on any atom is -0.354 e. The van der Waals surface area contributed by atoms with Gasteiger partial charge in [-0.3, -0.25) is 9.10 Å². The molecular weight excluding hydrogens is 430 g/mol. The Bertz CT molecular complexity index is 942. The fourth-order valence-electron chi connectivity index (χ4n) is 2.31. The van der Waals surface area contributed by atoms with Crippen molar-refractivity contribution in [2.24, 2.45) is 0 Å². The van der Waals surface area contributed by atoms with Gasteiger partial charge in [0.1, 0.15) is 18.2 Å². The van der Waals surface area contributed by atoms with Gasteiger partial charge >= 0.3 is 0 Å². The Balaban J connectivity index is 1.88. The second-order valence-electron chi connectivity index (χ2n) is 5.86. The van der Waals surface area contributed by atoms with Crippen molar-refractivity contribution < 1.29 is 22.0 Å². The van der Waals surface area contributed by atoms with Gasteiger partial charge in [-0.2, -0.15) is 11.8 Å². The number of hydrogen-bond donors (Lipinski definition) is 1. The molecule has 0 aromatic heterocycles. The second kappa shape index (κ2) is 10.1. The number of hydrogen-bond acceptors (Lipinski definition) is 4. The summed E-state index contributed by atoms with van der Waals surface area (Å²) < 4.78 is 51.5. The standard InChI is InChI=1S/C18H19ClF2N2O3S2/c1-28(25,26)23(17-7-6-14(20)10-16(17)21)11-18(24)22-8-9-27-12-13-4-2-3-5-15(13)19/h2-7,10H,8-9,11-12H2,1H3,(H,22,24). The fourth-order valence-corrected chi connectivity index (χ4v) is 4.31. The Labute approximate surface area is 172 Å². The average molecular weight is 449 g/mol. The molecule has 0 aliphatic carbocycles. The SMILES string of the molecule is CS(=O)(=O)N(CC(=O)NCCSCc1ccccc1Cl)c1ccc(F)cc1F. The molecule has 2 rings (SSSR count). The summed E-state index contributed by atoms with van der Waals surface area (Å²) in [7, 11) is -3.93. The number of rotatable bonds is 9. The molecule has 0 heterocycles. The predicted octanol–water partition coefficient (Wildman–Crippen LogP) is 3.43. The van der Waals surface area contributed by atoms with Gasteiger partial charge in [0.25, 0.3) is 0 Å². The van der Waals surface area contributed by atoms with Gasteiger partial charge < -0.3 is 5.32 Å². The zero-order valence-electron chi connectivity index (χ0n) is 15.0. The van der Waals surface area contributed by atoms with Crippen molar-refractivity contribution in [2.45, 2.75) is 5.75 Å². The summed E-state index contributed by atoms with van der Waals surface area (Å²) in [4.78, 5) is 12.1. The third-order valence-electron chi connectivity index (χ3n) is 3.65. The van der Waals surface area contributed by atoms with Crippen molar-refractivity contribution in [1.82, 2.24) is 5.32 Å². The maximum Gasteiger partial charge on any atom is 0.240 e. The number of carbonyl (C=O) groups excluding carboxylic acids is 1. The fraction of sp³-hybridized carbons (Fsp3) is 0.278. The van der Waals surface area contributed by atoms with Crippen LogP contribution in [0.4, 0.5) is 14.5 Å². The van der Waals surface area contributed by atoms with Crippen LogP contribution in [0.2, 0.25) is 5.02 Å². The number of benzene rings is 2. The lowest BCUT2D eigenvalue weighted by atomic mass is 10.2. The Kier molecular flexibility index (Phi) is 8.09. The molecule has 0 aliphatic heterocycles. The molecule has 1 N–H and O–H groups in total. The van der Waals surface area contributed by atoms with Crippen LogP contribution >= 0.6 is 23.4 Å². The van der Waals surface area contributed by atoms with E-state index in [1.54, 1.807) is 17.8 Å². The first-order valence-electron chi connectivity index (χ1n) is 8.19. The van der Waals surface area contributed by atoms with Crippen molar-refractivity contribution in [2.75, 3.05) is 29.4 Å². The molecule has 0 unspecified atom stereocenters. The van der Waals surface area contributed by atoms with Crippen molar-refractivity contribution >= 4 is 45.0 Å². The van der Waals surface area contributed by atoms with Gasteiger partial charge in [0, 0.05) is 29.1 Å². The molecule has 0 fully saturated rings. The number of nitrogens with one attached hydrogen (secondary N) is 1. The molecular formula is C18H19ClF2N2O3S2. The highest BCUT2D eigenvalue weighted by molar-refractivity contribution is 7.98. The van der Waals surface area contributed by atoms with Gasteiger partial charge in [-0.15, -0.1) is 0 Å². The number of carbonyl (C=O) groups is 1. The molecule has 5 nitrogen and oxygen atoms in total. The smallest absolute Gasteiger partial charge is 0.240 e. The van der Waals surface area contributed by atoms with Gasteiger partial charge in [-0.25, -0.2) is 17.2 Å². The van der Waals surface area contributed by atoms with Crippen LogP contribution in [0.25, 0.3) is 0 Å². The molecule has 0 saturated carbocycles. The largest absolute Gasteiger partial charge is 0.354 e. The van der Waals surface area contributed by atoms with Crippen LogP contribution in [-0.4, -0.2) is 39.4 Å². The minimum absolute atomic E-state index is 0.303. The molecule has 152 valence electrons. The van der Waals surface area contributed by atoms with Crippen LogP contribution in [0.5, 0.6) is 0 Å². The van der Waals surface area contributed by atoms with E-state index in [4.69, 9.17) is 11.6 Å². The van der Waals surface area contributed by atoms with Crippen LogP contribution in [0.3, 0.4) is 0 Å². The van der Waals surface area contributed by atoms with E-state index in [0.717, 1.165) is 24.0 Å². The zero-order valence-corrected chi connectivity index (χ0v) is 17.4. The minimum atomic E-state index is -3.93. The first kappa shape index (κ1) is 22.4. The molecule has 0 aliphatic rings. The number of amides is 1. The van der Waals surface area contributed by atoms with Gasteiger partial charge in [0.2, 0.25) is 15.9 Å². The lowest BCUT2D eigenvalue weighted by molar-refractivity contribution is -0.119. The van der Waals surface area contributed by atoms with E-state index < -0.39 is 34.1 Å². The molecule has 2 aromatic rings. The molecule has 0 atom stereocenters. The normalized spacial score (nSPS) is 11.3. The van der Waals surface area contributed by atoms with E-state index in [-0.39, 0.29) is 5.69 Å². The maximum absolute atomic E-state index is 13.9. The summed E-state index contributed by atoms with van der Waals surface area (Å²) in [6.07, 6.45) is 0.850. The summed E-state index contributed by atoms with van der Waals surface area (Å²) in [5.74, 6) is -1.23. The summed E-state index contributed by atoms with van der Waals surface area (Å²) in [5, 5.41) is 3.26. The highest BCUT2D eigenvalue weighted by Gasteiger charge is 2.23. The molecule has 0 bridgehead atoms. The topological polar surface area (TPSA) is 66.5 Å². The van der Waals surface area contributed by atoms with Crippen LogP contribution in [0, 0.1) is 11.6 Å². The molecule has 28 heavy (non-hydrogen) atoms. The van der Waals surface area contributed by atoms with E-state index in [9.17, 15) is 22.0 Å². The van der Waals surface area contributed by atoms with Gasteiger partial charge in [-0.05, 0) is 23.8 Å². The Morgan fingerprint density at radius 2 is 1.93 bits per heavy atom. The van der Waals surface area contributed by atoms with Crippen LogP contribution in [0.1, 0.15) is 5.56 Å². The first-order chi connectivity index (χ1) is 13.2. The molecule has 1 amide bonds. The van der Waals surface area contributed by atoms with Crippen LogP contribution in [0.15, 0.2) is 42.5 Å². The predicted molar refractivity (Wildman–Crippen MR) is 109 cm³/mol. The van der Waals surface area contributed by atoms with E-state index in [1.165, 1.54) is 0 Å². The second-order valence-corrected chi connectivity index (χ2v) is 9.28. The van der Waals surface area contributed by atoms with Crippen LogP contribution in [-0.2, 0) is 20.6 Å². The summed E-state index contributed by atoms with van der Waals surface area (Å²) in [6.45, 7) is -0.298. The molecule has 2 aromatic carbocycles. The lowest BCUT2D eigenvalue weighted by Gasteiger charge is -2.22. The summed E-state index contributed by atoms with van der Waals surface area (Å²) in [6, 6.07) is 9.92. The Morgan fingerprint density at radius 1 is 1.21 bits per heavy atom. The van der Waals surface area contributed by atoms with Crippen molar-refractivity contribution in [1.29, 1.82) is 0 Å². The van der Waals surface area contributed by atoms with E-state index in [0.29, 0.717) is 33.4 Å². The summed E-state index contributed by atoms with van der Waals surface area (Å²) in [5.41, 5.74) is 0.600. The molecule has 10 heteroatoms. The number of thioether (sulfide) groups is 1. The van der Waals surface area contributed by atoms with Gasteiger partial charge in [0.05, 0.1) is 11.9 Å². The summed E-state index contributed by atoms with van der Waals surface area (Å²) >= 11 is 7.62. The number of anilines is 1. The molecule has 0 spiro atoms. The lowest BCUT2D eigenvalue weighted by Crippen LogP contribution is -2.41. The monoisotopic (exact) mass is 448 g/mol. The highest BCUT2D eigenvalue weighted by Crippen LogP contribution is 2.22. The maximum atomic E-state index is 13.9. The quantitative estimate of drug-likeness (QED) is 0.597. The van der Waals surface area contributed by atoms with E-state index in [2.05, 4.69) is 5.32 Å². The van der Waals surface area contributed by atoms with Gasteiger partial charge in [0.15, 0.2) is 0 Å². The number of nitrogens with zero attached hydrogens (tertiary/aromatic N) is 1. The van der Waals surface area contributed by atoms with Gasteiger partial charge in [-0.1, -0.05) is 29.8 Å². The third kappa shape index (κ3) is 6.65. The molecule has 0 radical (unpaired) electrons. The molecule has 0 saturated heterocycles. The van der Waals surface area contributed by atoms with Crippen molar-refractivity contribution in [3.63, 3.8) is 0 Å². The zero-order chi connectivity index (χ0) is 20.7. The number of halogens is 3. The van der Waals surface area contributed by atoms with Crippen molar-refractivity contribution in [3.05, 3.63) is 64.7 Å². The van der Waals surface area contributed by atoms with E-state index >= 15 is 0 Å². The van der Waals surface area contributed by atoms with Crippen LogP contribution < -0.4 is 9.62 Å². The Hall–Kier alpha value is -1.84. The highest BCUT2D eigenvalue weighted by atomic mass is 35.5.